The van der Waals surface area contributed by atoms with Crippen molar-refractivity contribution in [1.82, 2.24) is 9.78 Å². The lowest BCUT2D eigenvalue weighted by molar-refractivity contribution is 0.172. The minimum atomic E-state index is -0.976. The van der Waals surface area contributed by atoms with E-state index in [1.165, 1.54) is 10.7 Å². The van der Waals surface area contributed by atoms with Crippen molar-refractivity contribution in [2.45, 2.75) is 19.4 Å². The maximum atomic E-state index is 13.8. The molecule has 0 aliphatic rings. The highest BCUT2D eigenvalue weighted by molar-refractivity contribution is 9.10. The Hall–Kier alpha value is -0.910. The Balaban J connectivity index is 2.33. The van der Waals surface area contributed by atoms with Gasteiger partial charge in [-0.15, -0.1) is 0 Å². The second-order valence-corrected chi connectivity index (χ2v) is 5.55. The molecule has 1 unspecified atom stereocenters. The van der Waals surface area contributed by atoms with Gasteiger partial charge in [-0.25, -0.2) is 4.39 Å². The highest BCUT2D eigenvalue weighted by Crippen LogP contribution is 2.31. The van der Waals surface area contributed by atoms with Crippen molar-refractivity contribution >= 4 is 27.5 Å². The van der Waals surface area contributed by atoms with Crippen molar-refractivity contribution in [3.05, 3.63) is 50.5 Å². The summed E-state index contributed by atoms with van der Waals surface area (Å²) >= 11 is 9.36. The summed E-state index contributed by atoms with van der Waals surface area (Å²) in [5.74, 6) is -0.445. The highest BCUT2D eigenvalue weighted by Gasteiger charge is 2.21. The Kier molecular flexibility index (Phi) is 4.28. The third-order valence-corrected chi connectivity index (χ3v) is 4.16. The molecule has 0 radical (unpaired) electrons. The molecule has 0 saturated carbocycles. The summed E-state index contributed by atoms with van der Waals surface area (Å²) in [7, 11) is 1.73. The molecule has 0 saturated heterocycles. The standard InChI is InChI=1S/C13H13BrClFN2O/c1-7-8(13(15)18(2)17-7)6-11(19)12-9(14)4-3-5-10(12)16/h3-5,11,19H,6H2,1-2H3. The fraction of sp³-hybridized carbons (Fsp3) is 0.308. The zero-order valence-electron chi connectivity index (χ0n) is 10.5. The largest absolute Gasteiger partial charge is 0.388 e. The van der Waals surface area contributed by atoms with Crippen LogP contribution in [0.2, 0.25) is 5.15 Å². The molecule has 1 N–H and O–H groups in total. The molecule has 2 aromatic rings. The van der Waals surface area contributed by atoms with Crippen molar-refractivity contribution in [3.63, 3.8) is 0 Å². The van der Waals surface area contributed by atoms with Crippen LogP contribution in [-0.2, 0) is 13.5 Å². The first-order chi connectivity index (χ1) is 8.91. The minimum absolute atomic E-state index is 0.220. The van der Waals surface area contributed by atoms with Crippen molar-refractivity contribution < 1.29 is 9.50 Å². The first-order valence-electron chi connectivity index (χ1n) is 5.71. The number of hydrogen-bond donors (Lipinski definition) is 1. The molecule has 102 valence electrons. The quantitative estimate of drug-likeness (QED) is 0.922. The minimum Gasteiger partial charge on any atom is -0.388 e. The number of aliphatic hydroxyl groups excluding tert-OH is 1. The van der Waals surface area contributed by atoms with Crippen molar-refractivity contribution in [1.29, 1.82) is 0 Å². The average molecular weight is 348 g/mol. The van der Waals surface area contributed by atoms with Gasteiger partial charge in [-0.3, -0.25) is 4.68 Å². The van der Waals surface area contributed by atoms with E-state index in [-0.39, 0.29) is 12.0 Å². The molecule has 0 aliphatic carbocycles. The molecule has 1 aromatic heterocycles. The van der Waals surface area contributed by atoms with E-state index < -0.39 is 11.9 Å². The third-order valence-electron chi connectivity index (χ3n) is 3.00. The lowest BCUT2D eigenvalue weighted by atomic mass is 10.0. The van der Waals surface area contributed by atoms with Gasteiger partial charge in [0.1, 0.15) is 11.0 Å². The van der Waals surface area contributed by atoms with Crippen LogP contribution < -0.4 is 0 Å². The number of halogens is 3. The van der Waals surface area contributed by atoms with Crippen LogP contribution >= 0.6 is 27.5 Å². The molecule has 1 atom stereocenters. The van der Waals surface area contributed by atoms with E-state index in [9.17, 15) is 9.50 Å². The van der Waals surface area contributed by atoms with Crippen molar-refractivity contribution in [2.24, 2.45) is 7.05 Å². The molecule has 2 rings (SSSR count). The highest BCUT2D eigenvalue weighted by atomic mass is 79.9. The van der Waals surface area contributed by atoms with Gasteiger partial charge in [-0.05, 0) is 19.1 Å². The topological polar surface area (TPSA) is 38.0 Å². The lowest BCUT2D eigenvalue weighted by Crippen LogP contribution is -2.06. The second-order valence-electron chi connectivity index (χ2n) is 4.33. The maximum absolute atomic E-state index is 13.8. The molecule has 1 aromatic carbocycles. The van der Waals surface area contributed by atoms with E-state index in [0.717, 1.165) is 11.3 Å². The lowest BCUT2D eigenvalue weighted by Gasteiger charge is -2.13. The molecule has 1 heterocycles. The normalized spacial score (nSPS) is 12.7. The molecule has 6 heteroatoms. The van der Waals surface area contributed by atoms with Crippen LogP contribution in [0.1, 0.15) is 22.9 Å². The molecular formula is C13H13BrClFN2O. The zero-order valence-corrected chi connectivity index (χ0v) is 12.8. The van der Waals surface area contributed by atoms with Gasteiger partial charge >= 0.3 is 0 Å². The van der Waals surface area contributed by atoms with E-state index in [0.29, 0.717) is 9.63 Å². The molecule has 0 amide bonds. The molecule has 19 heavy (non-hydrogen) atoms. The van der Waals surface area contributed by atoms with Gasteiger partial charge in [0, 0.05) is 29.1 Å². The number of hydrogen-bond acceptors (Lipinski definition) is 2. The van der Waals surface area contributed by atoms with E-state index in [1.807, 2.05) is 6.92 Å². The zero-order chi connectivity index (χ0) is 14.2. The van der Waals surface area contributed by atoms with Crippen LogP contribution in [0.15, 0.2) is 22.7 Å². The average Bonchev–Trinajstić information content (AvgIpc) is 2.56. The molecule has 0 aliphatic heterocycles. The van der Waals surface area contributed by atoms with E-state index in [1.54, 1.807) is 19.2 Å². The van der Waals surface area contributed by atoms with Gasteiger partial charge in [0.15, 0.2) is 0 Å². The predicted molar refractivity (Wildman–Crippen MR) is 75.7 cm³/mol. The van der Waals surface area contributed by atoms with Gasteiger partial charge in [0.05, 0.1) is 11.8 Å². The Morgan fingerprint density at radius 3 is 2.74 bits per heavy atom. The Labute approximate surface area is 124 Å². The molecular weight excluding hydrogens is 335 g/mol. The molecule has 0 spiro atoms. The maximum Gasteiger partial charge on any atom is 0.130 e. The summed E-state index contributed by atoms with van der Waals surface area (Å²) in [6, 6.07) is 4.60. The molecule has 3 nitrogen and oxygen atoms in total. The van der Waals surface area contributed by atoms with Crippen LogP contribution in [0.4, 0.5) is 4.39 Å². The second kappa shape index (κ2) is 5.61. The number of aryl methyl sites for hydroxylation is 2. The number of benzene rings is 1. The van der Waals surface area contributed by atoms with Crippen LogP contribution in [-0.4, -0.2) is 14.9 Å². The van der Waals surface area contributed by atoms with Gasteiger partial charge in [0.25, 0.3) is 0 Å². The number of aromatic nitrogens is 2. The predicted octanol–water partition coefficient (Wildman–Crippen LogP) is 3.56. The van der Waals surface area contributed by atoms with E-state index in [2.05, 4.69) is 21.0 Å². The smallest absolute Gasteiger partial charge is 0.130 e. The monoisotopic (exact) mass is 346 g/mol. The molecule has 0 bridgehead atoms. The first-order valence-corrected chi connectivity index (χ1v) is 6.89. The summed E-state index contributed by atoms with van der Waals surface area (Å²) in [5, 5.41) is 14.9. The van der Waals surface area contributed by atoms with E-state index in [4.69, 9.17) is 11.6 Å². The van der Waals surface area contributed by atoms with Crippen molar-refractivity contribution in [3.8, 4) is 0 Å². The molecule has 0 fully saturated rings. The Morgan fingerprint density at radius 2 is 2.21 bits per heavy atom. The number of nitrogens with zero attached hydrogens (tertiary/aromatic N) is 2. The third kappa shape index (κ3) is 2.83. The van der Waals surface area contributed by atoms with E-state index >= 15 is 0 Å². The SMILES string of the molecule is Cc1nn(C)c(Cl)c1CC(O)c1c(F)cccc1Br. The summed E-state index contributed by atoms with van der Waals surface area (Å²) in [5.41, 5.74) is 1.70. The van der Waals surface area contributed by atoms with Gasteiger partial charge in [-0.2, -0.15) is 5.10 Å². The fourth-order valence-corrected chi connectivity index (χ4v) is 2.89. The Morgan fingerprint density at radius 1 is 1.53 bits per heavy atom. The van der Waals surface area contributed by atoms with Crippen LogP contribution in [0.5, 0.6) is 0 Å². The van der Waals surface area contributed by atoms with Crippen LogP contribution in [0.3, 0.4) is 0 Å². The summed E-state index contributed by atoms with van der Waals surface area (Å²) in [4.78, 5) is 0. The summed E-state index contributed by atoms with van der Waals surface area (Å²) < 4.78 is 15.8. The summed E-state index contributed by atoms with van der Waals surface area (Å²) in [6.45, 7) is 1.81. The first kappa shape index (κ1) is 14.5. The number of aliphatic hydroxyl groups is 1. The summed E-state index contributed by atoms with van der Waals surface area (Å²) in [6.07, 6.45) is -0.756. The fourth-order valence-electron chi connectivity index (χ4n) is 2.03. The van der Waals surface area contributed by atoms with Gasteiger partial charge in [-0.1, -0.05) is 33.6 Å². The van der Waals surface area contributed by atoms with Crippen molar-refractivity contribution in [2.75, 3.05) is 0 Å². The van der Waals surface area contributed by atoms with Crippen LogP contribution in [0.25, 0.3) is 0 Å². The van der Waals surface area contributed by atoms with Crippen LogP contribution in [0, 0.1) is 12.7 Å². The van der Waals surface area contributed by atoms with Gasteiger partial charge in [0.2, 0.25) is 0 Å². The Bertz CT molecular complexity index is 595. The number of rotatable bonds is 3. The van der Waals surface area contributed by atoms with Gasteiger partial charge < -0.3 is 5.11 Å².